The van der Waals surface area contributed by atoms with Gasteiger partial charge in [0.05, 0.1) is 0 Å². The first-order valence-corrected chi connectivity index (χ1v) is 7.41. The predicted molar refractivity (Wildman–Crippen MR) is 92.8 cm³/mol. The van der Waals surface area contributed by atoms with Crippen molar-refractivity contribution in [2.75, 3.05) is 18.9 Å². The molecule has 2 aromatic rings. The number of carbonyl (C=O) groups is 1. The Morgan fingerprint density at radius 3 is 2.70 bits per heavy atom. The number of aryl methyl sites for hydroxylation is 1. The molecule has 0 atom stereocenters. The lowest BCUT2D eigenvalue weighted by Crippen LogP contribution is -2.26. The molecule has 0 bridgehead atoms. The molecule has 1 aliphatic rings. The van der Waals surface area contributed by atoms with Gasteiger partial charge in [-0.15, -0.1) is 12.4 Å². The summed E-state index contributed by atoms with van der Waals surface area (Å²) in [6, 6.07) is 10.4. The second-order valence-electron chi connectivity index (χ2n) is 5.89. The van der Waals surface area contributed by atoms with E-state index in [1.165, 1.54) is 23.3 Å². The minimum Gasteiger partial charge on any atom is -0.322 e. The van der Waals surface area contributed by atoms with E-state index in [1.54, 1.807) is 13.0 Å². The Kier molecular flexibility index (Phi) is 5.39. The fraction of sp³-hybridized carbons (Fsp3) is 0.278. The molecule has 3 nitrogen and oxygen atoms in total. The number of halogens is 2. The number of nitrogens with zero attached hydrogens (tertiary/aromatic N) is 1. The average Bonchev–Trinajstić information content (AvgIpc) is 2.49. The first-order valence-electron chi connectivity index (χ1n) is 7.41. The fourth-order valence-corrected chi connectivity index (χ4v) is 2.77. The molecule has 0 aliphatic carbocycles. The Morgan fingerprint density at radius 2 is 1.96 bits per heavy atom. The minimum absolute atomic E-state index is 0. The molecule has 1 N–H and O–H groups in total. The zero-order valence-electron chi connectivity index (χ0n) is 13.2. The molecule has 1 aliphatic heterocycles. The largest absolute Gasteiger partial charge is 0.322 e. The highest BCUT2D eigenvalue weighted by molar-refractivity contribution is 6.04. The molecule has 0 saturated heterocycles. The van der Waals surface area contributed by atoms with E-state index >= 15 is 0 Å². The molecule has 1 heterocycles. The Bertz CT molecular complexity index is 733. The zero-order valence-corrected chi connectivity index (χ0v) is 14.0. The van der Waals surface area contributed by atoms with Crippen LogP contribution in [-0.4, -0.2) is 24.4 Å². The van der Waals surface area contributed by atoms with Gasteiger partial charge in [-0.3, -0.25) is 4.79 Å². The second-order valence-corrected chi connectivity index (χ2v) is 5.89. The number of likely N-dealkylation sites (N-methyl/N-ethyl adjacent to an activating group) is 1. The van der Waals surface area contributed by atoms with E-state index < -0.39 is 0 Å². The van der Waals surface area contributed by atoms with Gasteiger partial charge in [-0.25, -0.2) is 4.39 Å². The number of fused-ring (bicyclic) bond motifs is 1. The van der Waals surface area contributed by atoms with Crippen LogP contribution in [0.15, 0.2) is 36.4 Å². The zero-order chi connectivity index (χ0) is 15.7. The van der Waals surface area contributed by atoms with Crippen molar-refractivity contribution in [1.29, 1.82) is 0 Å². The standard InChI is InChI=1S/C18H19FN2O.ClH/c1-12-9-14(4-6-17(12)19)18(22)20-16-5-3-13-7-8-21(2)11-15(13)10-16;/h3-6,9-10H,7-8,11H2,1-2H3,(H,20,22);1H. The van der Waals surface area contributed by atoms with Crippen LogP contribution >= 0.6 is 12.4 Å². The quantitative estimate of drug-likeness (QED) is 0.906. The minimum atomic E-state index is -0.298. The van der Waals surface area contributed by atoms with Crippen molar-refractivity contribution >= 4 is 24.0 Å². The summed E-state index contributed by atoms with van der Waals surface area (Å²) in [7, 11) is 2.09. The van der Waals surface area contributed by atoms with Crippen LogP contribution in [0, 0.1) is 12.7 Å². The normalized spacial score (nSPS) is 13.9. The van der Waals surface area contributed by atoms with Gasteiger partial charge in [-0.05, 0) is 67.4 Å². The Morgan fingerprint density at radius 1 is 1.17 bits per heavy atom. The van der Waals surface area contributed by atoms with E-state index in [9.17, 15) is 9.18 Å². The van der Waals surface area contributed by atoms with Crippen molar-refractivity contribution in [2.45, 2.75) is 19.9 Å². The van der Waals surface area contributed by atoms with Gasteiger partial charge < -0.3 is 10.2 Å². The summed E-state index contributed by atoms with van der Waals surface area (Å²) < 4.78 is 13.3. The van der Waals surface area contributed by atoms with Crippen molar-refractivity contribution < 1.29 is 9.18 Å². The van der Waals surface area contributed by atoms with Gasteiger partial charge in [0.1, 0.15) is 5.82 Å². The maximum atomic E-state index is 13.3. The van der Waals surface area contributed by atoms with E-state index in [0.29, 0.717) is 11.1 Å². The van der Waals surface area contributed by atoms with E-state index in [0.717, 1.165) is 25.2 Å². The molecule has 0 fully saturated rings. The van der Waals surface area contributed by atoms with E-state index in [1.807, 2.05) is 12.1 Å². The van der Waals surface area contributed by atoms with Crippen molar-refractivity contribution in [1.82, 2.24) is 4.90 Å². The molecule has 0 unspecified atom stereocenters. The average molecular weight is 335 g/mol. The van der Waals surface area contributed by atoms with Gasteiger partial charge in [-0.2, -0.15) is 0 Å². The first-order chi connectivity index (χ1) is 10.5. The number of hydrogen-bond donors (Lipinski definition) is 1. The Labute approximate surface area is 141 Å². The lowest BCUT2D eigenvalue weighted by Gasteiger charge is -2.25. The summed E-state index contributed by atoms with van der Waals surface area (Å²) in [6.07, 6.45) is 1.04. The highest BCUT2D eigenvalue weighted by Gasteiger charge is 2.14. The van der Waals surface area contributed by atoms with Gasteiger partial charge in [-0.1, -0.05) is 6.07 Å². The van der Waals surface area contributed by atoms with Crippen LogP contribution in [0.25, 0.3) is 0 Å². The number of anilines is 1. The van der Waals surface area contributed by atoms with Crippen LogP contribution in [0.1, 0.15) is 27.0 Å². The number of carbonyl (C=O) groups excluding carboxylic acids is 1. The molecule has 0 aromatic heterocycles. The molecular weight excluding hydrogens is 315 g/mol. The van der Waals surface area contributed by atoms with Crippen LogP contribution in [-0.2, 0) is 13.0 Å². The number of benzene rings is 2. The summed E-state index contributed by atoms with van der Waals surface area (Å²) in [4.78, 5) is 14.5. The van der Waals surface area contributed by atoms with Crippen LogP contribution in [0.5, 0.6) is 0 Å². The molecule has 0 spiro atoms. The van der Waals surface area contributed by atoms with Gasteiger partial charge >= 0.3 is 0 Å². The Balaban J connectivity index is 0.00000192. The number of rotatable bonds is 2. The SMILES string of the molecule is Cc1cc(C(=O)Nc2ccc3c(c2)CN(C)CC3)ccc1F.Cl. The number of hydrogen-bond acceptors (Lipinski definition) is 2. The highest BCUT2D eigenvalue weighted by atomic mass is 35.5. The number of amides is 1. The molecule has 1 amide bonds. The van der Waals surface area contributed by atoms with Gasteiger partial charge in [0, 0.05) is 24.3 Å². The van der Waals surface area contributed by atoms with Gasteiger partial charge in [0.2, 0.25) is 0 Å². The van der Waals surface area contributed by atoms with Gasteiger partial charge in [0.25, 0.3) is 5.91 Å². The first kappa shape index (κ1) is 17.4. The summed E-state index contributed by atoms with van der Waals surface area (Å²) in [6.45, 7) is 3.61. The van der Waals surface area contributed by atoms with Crippen LogP contribution in [0.4, 0.5) is 10.1 Å². The smallest absolute Gasteiger partial charge is 0.255 e. The predicted octanol–water partition coefficient (Wildman–Crippen LogP) is 3.80. The Hall–Kier alpha value is -1.91. The molecule has 2 aromatic carbocycles. The molecule has 3 rings (SSSR count). The third kappa shape index (κ3) is 3.89. The lowest BCUT2D eigenvalue weighted by atomic mass is 9.99. The lowest BCUT2D eigenvalue weighted by molar-refractivity contribution is 0.102. The molecule has 5 heteroatoms. The molecule has 0 radical (unpaired) electrons. The molecule has 23 heavy (non-hydrogen) atoms. The number of nitrogens with one attached hydrogen (secondary N) is 1. The van der Waals surface area contributed by atoms with Crippen LogP contribution in [0.3, 0.4) is 0 Å². The van der Waals surface area contributed by atoms with Crippen LogP contribution in [0.2, 0.25) is 0 Å². The fourth-order valence-electron chi connectivity index (χ4n) is 2.77. The maximum Gasteiger partial charge on any atom is 0.255 e. The van der Waals surface area contributed by atoms with Gasteiger partial charge in [0.15, 0.2) is 0 Å². The monoisotopic (exact) mass is 334 g/mol. The van der Waals surface area contributed by atoms with Crippen LogP contribution < -0.4 is 5.32 Å². The second kappa shape index (κ2) is 7.11. The third-order valence-electron chi connectivity index (χ3n) is 4.09. The third-order valence-corrected chi connectivity index (χ3v) is 4.09. The summed E-state index contributed by atoms with van der Waals surface area (Å²) in [5, 5.41) is 2.89. The van der Waals surface area contributed by atoms with E-state index in [2.05, 4.69) is 23.3 Å². The van der Waals surface area contributed by atoms with Crippen molar-refractivity contribution in [3.8, 4) is 0 Å². The highest BCUT2D eigenvalue weighted by Crippen LogP contribution is 2.22. The summed E-state index contributed by atoms with van der Waals surface area (Å²) in [5.74, 6) is -0.513. The van der Waals surface area contributed by atoms with Crippen molar-refractivity contribution in [3.63, 3.8) is 0 Å². The van der Waals surface area contributed by atoms with E-state index in [-0.39, 0.29) is 24.1 Å². The maximum absolute atomic E-state index is 13.3. The molecule has 122 valence electrons. The summed E-state index contributed by atoms with van der Waals surface area (Å²) in [5.41, 5.74) is 4.31. The topological polar surface area (TPSA) is 32.3 Å². The summed E-state index contributed by atoms with van der Waals surface area (Å²) >= 11 is 0. The molecule has 0 saturated carbocycles. The van der Waals surface area contributed by atoms with Crippen molar-refractivity contribution in [2.24, 2.45) is 0 Å². The van der Waals surface area contributed by atoms with E-state index in [4.69, 9.17) is 0 Å². The molecular formula is C18H20ClFN2O. The van der Waals surface area contributed by atoms with Crippen molar-refractivity contribution in [3.05, 3.63) is 64.5 Å².